The van der Waals surface area contributed by atoms with Crippen molar-refractivity contribution in [2.24, 2.45) is 0 Å². The molecule has 14 heavy (non-hydrogen) atoms. The van der Waals surface area contributed by atoms with E-state index in [2.05, 4.69) is 0 Å². The van der Waals surface area contributed by atoms with Gasteiger partial charge in [-0.3, -0.25) is 9.11 Å². The molecule has 0 aliphatic carbocycles. The van der Waals surface area contributed by atoms with Gasteiger partial charge in [0.15, 0.2) is 0 Å². The Morgan fingerprint density at radius 2 is 0.857 bits per heavy atom. The first-order valence-corrected chi connectivity index (χ1v) is 2.75. The summed E-state index contributed by atoms with van der Waals surface area (Å²) in [6.07, 6.45) is -1.83. The summed E-state index contributed by atoms with van der Waals surface area (Å²) in [7, 11) is -4.67. The molecule has 0 amide bonds. The normalized spacial score (nSPS) is 5.86. The van der Waals surface area contributed by atoms with Gasteiger partial charge in [-0.05, 0) is 0 Å². The zero-order chi connectivity index (χ0) is 8.08. The highest BCUT2D eigenvalue weighted by Gasteiger charge is 1.84. The van der Waals surface area contributed by atoms with E-state index in [1.54, 1.807) is 0 Å². The molecule has 9 nitrogen and oxygen atoms in total. The van der Waals surface area contributed by atoms with E-state index in [-0.39, 0.29) is 80.1 Å². The monoisotopic (exact) mass is 274 g/mol. The van der Waals surface area contributed by atoms with Crippen molar-refractivity contribution < 1.29 is 43.5 Å². The lowest BCUT2D eigenvalue weighted by Crippen LogP contribution is -1.89. The maximum absolute atomic E-state index is 8.74. The van der Waals surface area contributed by atoms with E-state index in [1.165, 1.54) is 0 Å². The molecule has 0 bridgehead atoms. The third kappa shape index (κ3) is 1110. The summed E-state index contributed by atoms with van der Waals surface area (Å²) in [5, 5.41) is 13.9. The molecule has 0 spiro atoms. The van der Waals surface area contributed by atoms with Crippen molar-refractivity contribution >= 4 is 85.7 Å². The van der Waals surface area contributed by atoms with Crippen molar-refractivity contribution in [3.63, 3.8) is 0 Å². The van der Waals surface area contributed by atoms with Gasteiger partial charge in [-0.2, -0.15) is 8.42 Å². The van der Waals surface area contributed by atoms with Gasteiger partial charge in [0, 0.05) is 0 Å². The molecule has 0 heterocycles. The van der Waals surface area contributed by atoms with Crippen LogP contribution < -0.4 is 0 Å². The smallest absolute Gasteiger partial charge is 0.450 e. The summed E-state index contributed by atoms with van der Waals surface area (Å²) < 4.78 is 31.6. The summed E-state index contributed by atoms with van der Waals surface area (Å²) in [5.41, 5.74) is 0. The van der Waals surface area contributed by atoms with E-state index in [9.17, 15) is 0 Å². The molecular weight excluding hydrogens is 261 g/mol. The molecular formula is CH14Mg3O9S. The van der Waals surface area contributed by atoms with E-state index in [4.69, 9.17) is 32.5 Å². The van der Waals surface area contributed by atoms with Crippen LogP contribution in [-0.4, -0.2) is 114 Å². The quantitative estimate of drug-likeness (QED) is 0.251. The Kier molecular flexibility index (Phi) is 77.3. The molecule has 0 aliphatic heterocycles. The average Bonchev–Trinajstić information content (AvgIpc) is 1.19. The minimum Gasteiger partial charge on any atom is -0.450 e. The Bertz CT molecular complexity index is 162. The number of rotatable bonds is 0. The fraction of sp³-hybridized carbons (Fsp3) is 0. The molecule has 0 aromatic heterocycles. The Hall–Kier alpha value is 1.36. The summed E-state index contributed by atoms with van der Waals surface area (Å²) >= 11 is 0. The molecule has 0 fully saturated rings. The van der Waals surface area contributed by atoms with Crippen LogP contribution in [0.1, 0.15) is 0 Å². The molecule has 0 saturated heterocycles. The Morgan fingerprint density at radius 1 is 0.857 bits per heavy atom. The standard InChI is InChI=1S/CH2O3.3Mg.H2O4S.2H2O.6H/c2-1(3)4;;;;1-5(2,3)4;;;;;;;;/h(H2,2,3,4);;;;(H2,1,2,3,4);2*1H2;;;;;;. The largest absolute Gasteiger partial charge is 0.503 e. The van der Waals surface area contributed by atoms with Crippen molar-refractivity contribution in [1.29, 1.82) is 0 Å². The van der Waals surface area contributed by atoms with Crippen LogP contribution in [-0.2, 0) is 10.4 Å². The molecule has 0 rings (SSSR count). The second-order valence-electron chi connectivity index (χ2n) is 0.730. The zero-order valence-electron chi connectivity index (χ0n) is 4.92. The Balaban J connectivity index is -0.0000000104. The van der Waals surface area contributed by atoms with Crippen molar-refractivity contribution in [2.75, 3.05) is 0 Å². The highest BCUT2D eigenvalue weighted by atomic mass is 32.3. The summed E-state index contributed by atoms with van der Waals surface area (Å²) in [6.45, 7) is 0. The first-order chi connectivity index (χ1) is 3.73. The van der Waals surface area contributed by atoms with Gasteiger partial charge in [-0.25, -0.2) is 4.79 Å². The lowest BCUT2D eigenvalue weighted by atomic mass is 11.5. The Labute approximate surface area is 128 Å². The van der Waals surface area contributed by atoms with E-state index < -0.39 is 16.6 Å². The highest BCUT2D eigenvalue weighted by molar-refractivity contribution is 7.79. The van der Waals surface area contributed by atoms with Gasteiger partial charge >= 0.3 is 85.7 Å². The molecule has 0 aromatic carbocycles. The van der Waals surface area contributed by atoms with Gasteiger partial charge in [-0.15, -0.1) is 0 Å². The minimum absolute atomic E-state index is 0. The molecule has 0 atom stereocenters. The number of hydrogen-bond acceptors (Lipinski definition) is 3. The van der Waals surface area contributed by atoms with Crippen LogP contribution in [0.2, 0.25) is 0 Å². The van der Waals surface area contributed by atoms with Gasteiger partial charge in [0.2, 0.25) is 0 Å². The van der Waals surface area contributed by atoms with Crippen molar-refractivity contribution in [1.82, 2.24) is 0 Å². The highest BCUT2D eigenvalue weighted by Crippen LogP contribution is 1.59. The molecule has 0 aliphatic rings. The van der Waals surface area contributed by atoms with E-state index in [0.29, 0.717) is 0 Å². The number of carboxylic acid groups (broad SMARTS) is 2. The van der Waals surface area contributed by atoms with Gasteiger partial charge in [0.25, 0.3) is 0 Å². The van der Waals surface area contributed by atoms with Crippen LogP contribution in [0.15, 0.2) is 0 Å². The minimum atomic E-state index is -4.67. The molecule has 13 heteroatoms. The number of carbonyl (C=O) groups is 1. The fourth-order valence-corrected chi connectivity index (χ4v) is 0. The number of hydrogen-bond donors (Lipinski definition) is 4. The maximum Gasteiger partial charge on any atom is 0.503 e. The Morgan fingerprint density at radius 3 is 0.857 bits per heavy atom. The van der Waals surface area contributed by atoms with Crippen LogP contribution in [0.3, 0.4) is 0 Å². The second kappa shape index (κ2) is 23.9. The van der Waals surface area contributed by atoms with Gasteiger partial charge in [0.05, 0.1) is 0 Å². The molecule has 0 unspecified atom stereocenters. The molecule has 0 saturated carbocycles. The van der Waals surface area contributed by atoms with E-state index in [0.717, 1.165) is 0 Å². The van der Waals surface area contributed by atoms with E-state index >= 15 is 0 Å². The van der Waals surface area contributed by atoms with Crippen molar-refractivity contribution in [3.05, 3.63) is 0 Å². The second-order valence-corrected chi connectivity index (χ2v) is 1.63. The van der Waals surface area contributed by atoms with Crippen molar-refractivity contribution in [2.45, 2.75) is 0 Å². The zero-order valence-corrected chi connectivity index (χ0v) is 5.74. The summed E-state index contributed by atoms with van der Waals surface area (Å²) in [4.78, 5) is 8.56. The van der Waals surface area contributed by atoms with Crippen molar-refractivity contribution in [3.8, 4) is 0 Å². The van der Waals surface area contributed by atoms with Crippen LogP contribution in [0, 0.1) is 0 Å². The predicted octanol–water partition coefficient (Wildman–Crippen LogP) is -4.83. The lowest BCUT2D eigenvalue weighted by molar-refractivity contribution is 0.137. The third-order valence-corrected chi connectivity index (χ3v) is 0. The van der Waals surface area contributed by atoms with Crippen LogP contribution in [0.4, 0.5) is 4.79 Å². The molecule has 84 valence electrons. The van der Waals surface area contributed by atoms with Crippen LogP contribution >= 0.6 is 0 Å². The predicted molar refractivity (Wildman–Crippen MR) is 57.7 cm³/mol. The molecule has 0 radical (unpaired) electrons. The van der Waals surface area contributed by atoms with Crippen LogP contribution in [0.25, 0.3) is 0 Å². The molecule has 8 N–H and O–H groups in total. The topological polar surface area (TPSA) is 195 Å². The summed E-state index contributed by atoms with van der Waals surface area (Å²) in [6, 6.07) is 0. The van der Waals surface area contributed by atoms with Crippen LogP contribution in [0.5, 0.6) is 0 Å². The van der Waals surface area contributed by atoms with Gasteiger partial charge in [0.1, 0.15) is 0 Å². The van der Waals surface area contributed by atoms with E-state index in [1.807, 2.05) is 0 Å². The third-order valence-electron chi connectivity index (χ3n) is 0. The lowest BCUT2D eigenvalue weighted by Gasteiger charge is -1.68. The van der Waals surface area contributed by atoms with Gasteiger partial charge < -0.3 is 21.2 Å². The van der Waals surface area contributed by atoms with Gasteiger partial charge in [-0.1, -0.05) is 0 Å². The maximum atomic E-state index is 8.74. The molecule has 0 aromatic rings. The summed E-state index contributed by atoms with van der Waals surface area (Å²) in [5.74, 6) is 0. The average molecular weight is 275 g/mol. The fourth-order valence-electron chi connectivity index (χ4n) is 0. The first kappa shape index (κ1) is 45.3. The first-order valence-electron chi connectivity index (χ1n) is 1.35. The SMILES string of the molecule is O.O.O=C(O)O.O=S(=O)(O)O.[MgH2].[MgH2].[MgH2].